The smallest absolute Gasteiger partial charge is 0.314 e. The highest BCUT2D eigenvalue weighted by atomic mass is 16.6. The maximum atomic E-state index is 11.4. The van der Waals surface area contributed by atoms with Crippen molar-refractivity contribution in [3.63, 3.8) is 0 Å². The minimum Gasteiger partial charge on any atom is -0.491 e. The zero-order chi connectivity index (χ0) is 16.7. The van der Waals surface area contributed by atoms with Gasteiger partial charge in [-0.25, -0.2) is 0 Å². The largest absolute Gasteiger partial charge is 0.491 e. The summed E-state index contributed by atoms with van der Waals surface area (Å²) in [6.07, 6.45) is 5.17. The predicted octanol–water partition coefficient (Wildman–Crippen LogP) is 4.16. The normalized spacial score (nSPS) is 14.6. The first-order chi connectivity index (χ1) is 11.2. The molecule has 1 fully saturated rings. The van der Waals surface area contributed by atoms with Crippen LogP contribution < -0.4 is 14.4 Å². The molecule has 0 N–H and O–H groups in total. The number of hydrogen-bond donors (Lipinski definition) is 0. The highest BCUT2D eigenvalue weighted by Gasteiger charge is 2.24. The Morgan fingerprint density at radius 2 is 1.65 bits per heavy atom. The Morgan fingerprint density at radius 3 is 2.22 bits per heavy atom. The second-order valence-corrected chi connectivity index (χ2v) is 5.79. The molecule has 1 aliphatic heterocycles. The molecule has 1 aromatic carbocycles. The zero-order valence-electron chi connectivity index (χ0n) is 14.0. The third-order valence-corrected chi connectivity index (χ3v) is 3.86. The van der Waals surface area contributed by atoms with Crippen LogP contribution in [0.25, 0.3) is 0 Å². The van der Waals surface area contributed by atoms with Crippen LogP contribution in [0.2, 0.25) is 0 Å². The summed E-state index contributed by atoms with van der Waals surface area (Å²) in [5, 5.41) is 11.4. The average molecular weight is 322 g/mol. The van der Waals surface area contributed by atoms with Gasteiger partial charge in [0.15, 0.2) is 5.75 Å². The van der Waals surface area contributed by atoms with Gasteiger partial charge in [-0.15, -0.1) is 0 Å². The van der Waals surface area contributed by atoms with Gasteiger partial charge < -0.3 is 14.4 Å². The second-order valence-electron chi connectivity index (χ2n) is 5.79. The fourth-order valence-corrected chi connectivity index (χ4v) is 2.72. The summed E-state index contributed by atoms with van der Waals surface area (Å²) < 4.78 is 11.4. The van der Waals surface area contributed by atoms with E-state index in [1.165, 1.54) is 12.5 Å². The van der Waals surface area contributed by atoms with Crippen LogP contribution in [-0.2, 0) is 0 Å². The Morgan fingerprint density at radius 1 is 1.04 bits per heavy atom. The lowest BCUT2D eigenvalue weighted by molar-refractivity contribution is -0.385. The van der Waals surface area contributed by atoms with Crippen LogP contribution in [0.15, 0.2) is 12.1 Å². The lowest BCUT2D eigenvalue weighted by Gasteiger charge is -2.30. The van der Waals surface area contributed by atoms with Crippen LogP contribution in [0.4, 0.5) is 11.4 Å². The van der Waals surface area contributed by atoms with Crippen LogP contribution in [0.5, 0.6) is 11.5 Å². The van der Waals surface area contributed by atoms with Crippen molar-refractivity contribution in [3.05, 3.63) is 22.2 Å². The van der Waals surface area contributed by atoms with Crippen LogP contribution in [-0.4, -0.2) is 31.2 Å². The fraction of sp³-hybridized carbons (Fsp3) is 0.647. The number of anilines is 1. The summed E-state index contributed by atoms with van der Waals surface area (Å²) in [7, 11) is 0. The van der Waals surface area contributed by atoms with E-state index >= 15 is 0 Å². The zero-order valence-corrected chi connectivity index (χ0v) is 14.0. The SMILES string of the molecule is CCCOc1cc([N+](=O)[O-])c(OCCC)cc1N1CCCCC1. The summed E-state index contributed by atoms with van der Waals surface area (Å²) in [4.78, 5) is 13.2. The molecular weight excluding hydrogens is 296 g/mol. The number of hydrogen-bond acceptors (Lipinski definition) is 5. The van der Waals surface area contributed by atoms with E-state index in [4.69, 9.17) is 9.47 Å². The number of ether oxygens (including phenoxy) is 2. The van der Waals surface area contributed by atoms with Gasteiger partial charge in [-0.05, 0) is 32.1 Å². The first-order valence-electron chi connectivity index (χ1n) is 8.50. The lowest BCUT2D eigenvalue weighted by atomic mass is 10.1. The van der Waals surface area contributed by atoms with Gasteiger partial charge in [-0.2, -0.15) is 0 Å². The van der Waals surface area contributed by atoms with E-state index in [1.807, 2.05) is 13.8 Å². The summed E-state index contributed by atoms with van der Waals surface area (Å²) >= 11 is 0. The first-order valence-corrected chi connectivity index (χ1v) is 8.50. The number of nitro groups is 1. The Bertz CT molecular complexity index is 528. The minimum absolute atomic E-state index is 0.0229. The van der Waals surface area contributed by atoms with Gasteiger partial charge in [0.05, 0.1) is 29.9 Å². The van der Waals surface area contributed by atoms with Gasteiger partial charge in [-0.1, -0.05) is 13.8 Å². The van der Waals surface area contributed by atoms with E-state index in [-0.39, 0.29) is 5.69 Å². The van der Waals surface area contributed by atoms with E-state index < -0.39 is 4.92 Å². The quantitative estimate of drug-likeness (QED) is 0.531. The van der Waals surface area contributed by atoms with Crippen molar-refractivity contribution in [1.82, 2.24) is 0 Å². The van der Waals surface area contributed by atoms with Crippen molar-refractivity contribution < 1.29 is 14.4 Å². The number of nitro benzene ring substituents is 1. The number of rotatable bonds is 8. The summed E-state index contributed by atoms with van der Waals surface area (Å²) in [5.74, 6) is 0.922. The molecule has 128 valence electrons. The molecule has 0 radical (unpaired) electrons. The molecule has 6 nitrogen and oxygen atoms in total. The molecule has 1 aromatic rings. The van der Waals surface area contributed by atoms with Crippen molar-refractivity contribution in [2.75, 3.05) is 31.2 Å². The maximum absolute atomic E-state index is 11.4. The molecular formula is C17H26N2O4. The highest BCUT2D eigenvalue weighted by molar-refractivity contribution is 5.68. The minimum atomic E-state index is -0.399. The highest BCUT2D eigenvalue weighted by Crippen LogP contribution is 2.40. The van der Waals surface area contributed by atoms with Crippen LogP contribution >= 0.6 is 0 Å². The summed E-state index contributed by atoms with van der Waals surface area (Å²) in [6, 6.07) is 3.30. The molecule has 0 spiro atoms. The molecule has 0 aliphatic carbocycles. The molecule has 2 rings (SSSR count). The monoisotopic (exact) mass is 322 g/mol. The van der Waals surface area contributed by atoms with E-state index in [9.17, 15) is 10.1 Å². The van der Waals surface area contributed by atoms with E-state index in [0.717, 1.165) is 44.5 Å². The standard InChI is InChI=1S/C17H26N2O4/c1-3-10-22-16-13-15(19(20)21)17(23-11-4-2)12-14(16)18-8-6-5-7-9-18/h12-13H,3-11H2,1-2H3. The van der Waals surface area contributed by atoms with E-state index in [2.05, 4.69) is 4.90 Å². The van der Waals surface area contributed by atoms with Gasteiger partial charge in [0.1, 0.15) is 5.75 Å². The molecule has 23 heavy (non-hydrogen) atoms. The molecule has 1 aliphatic rings. The topological polar surface area (TPSA) is 64.8 Å². The van der Waals surface area contributed by atoms with E-state index in [1.54, 1.807) is 6.07 Å². The molecule has 0 unspecified atom stereocenters. The van der Waals surface area contributed by atoms with Crippen molar-refractivity contribution in [2.24, 2.45) is 0 Å². The van der Waals surface area contributed by atoms with Gasteiger partial charge >= 0.3 is 5.69 Å². The Kier molecular flexibility index (Phi) is 6.50. The third kappa shape index (κ3) is 4.50. The number of nitrogens with zero attached hydrogens (tertiary/aromatic N) is 2. The second kappa shape index (κ2) is 8.60. The molecule has 0 bridgehead atoms. The van der Waals surface area contributed by atoms with Gasteiger partial charge in [-0.3, -0.25) is 10.1 Å². The van der Waals surface area contributed by atoms with Crippen molar-refractivity contribution >= 4 is 11.4 Å². The molecule has 0 amide bonds. The van der Waals surface area contributed by atoms with Crippen molar-refractivity contribution in [1.29, 1.82) is 0 Å². The molecule has 1 saturated heterocycles. The van der Waals surface area contributed by atoms with Gasteiger partial charge in [0.25, 0.3) is 0 Å². The van der Waals surface area contributed by atoms with Crippen molar-refractivity contribution in [3.8, 4) is 11.5 Å². The van der Waals surface area contributed by atoms with Crippen LogP contribution in [0.1, 0.15) is 46.0 Å². The van der Waals surface area contributed by atoms with Crippen molar-refractivity contribution in [2.45, 2.75) is 46.0 Å². The molecule has 0 atom stereocenters. The Labute approximate surface area is 137 Å². The van der Waals surface area contributed by atoms with E-state index in [0.29, 0.717) is 24.7 Å². The maximum Gasteiger partial charge on any atom is 0.314 e. The first kappa shape index (κ1) is 17.4. The molecule has 0 saturated carbocycles. The van der Waals surface area contributed by atoms with Crippen LogP contribution in [0.3, 0.4) is 0 Å². The number of piperidine rings is 1. The predicted molar refractivity (Wildman–Crippen MR) is 90.7 cm³/mol. The number of benzene rings is 1. The van der Waals surface area contributed by atoms with Crippen LogP contribution in [0, 0.1) is 10.1 Å². The Hall–Kier alpha value is -1.98. The average Bonchev–Trinajstić information content (AvgIpc) is 2.58. The molecule has 1 heterocycles. The third-order valence-electron chi connectivity index (χ3n) is 3.86. The Balaban J connectivity index is 2.39. The lowest BCUT2D eigenvalue weighted by Crippen LogP contribution is -2.30. The molecule has 6 heteroatoms. The molecule has 0 aromatic heterocycles. The summed E-state index contributed by atoms with van der Waals surface area (Å²) in [6.45, 7) is 6.92. The van der Waals surface area contributed by atoms with Gasteiger partial charge in [0.2, 0.25) is 0 Å². The van der Waals surface area contributed by atoms with Gasteiger partial charge in [0, 0.05) is 19.2 Å². The fourth-order valence-electron chi connectivity index (χ4n) is 2.72. The summed E-state index contributed by atoms with van der Waals surface area (Å²) in [5.41, 5.74) is 0.889.